The molecule has 0 aliphatic heterocycles. The molecule has 1 amide bonds. The molecule has 2 unspecified atom stereocenters. The van der Waals surface area contributed by atoms with E-state index in [1.165, 1.54) is 42.3 Å². The molecule has 226 valence electrons. The van der Waals surface area contributed by atoms with E-state index in [1.807, 2.05) is 18.7 Å². The number of benzene rings is 2. The fourth-order valence-corrected chi connectivity index (χ4v) is 5.19. The first-order valence-corrected chi connectivity index (χ1v) is 15.1. The minimum Gasteiger partial charge on any atom is -0.480 e. The van der Waals surface area contributed by atoms with Gasteiger partial charge >= 0.3 is 12.1 Å². The number of ether oxygens (including phenoxy) is 1. The van der Waals surface area contributed by atoms with Gasteiger partial charge in [-0.1, -0.05) is 23.7 Å². The number of carbonyl (C=O) groups excluding carboxylic acids is 1. The third kappa shape index (κ3) is 8.23. The second-order valence-corrected chi connectivity index (χ2v) is 12.2. The molecule has 3 aromatic rings. The highest BCUT2D eigenvalue weighted by Crippen LogP contribution is 2.27. The molecule has 12 nitrogen and oxygen atoms in total. The van der Waals surface area contributed by atoms with Gasteiger partial charge in [0.15, 0.2) is 15.7 Å². The molecule has 1 heterocycles. The lowest BCUT2D eigenvalue weighted by Crippen LogP contribution is -2.34. The highest BCUT2D eigenvalue weighted by Gasteiger charge is 2.27. The summed E-state index contributed by atoms with van der Waals surface area (Å²) in [6.07, 6.45) is 0.955. The molecule has 0 radical (unpaired) electrons. The van der Waals surface area contributed by atoms with E-state index in [0.29, 0.717) is 35.4 Å². The molecule has 1 aromatic heterocycles. The van der Waals surface area contributed by atoms with Crippen molar-refractivity contribution in [2.24, 2.45) is 0 Å². The van der Waals surface area contributed by atoms with Crippen LogP contribution in [0.2, 0.25) is 5.02 Å². The van der Waals surface area contributed by atoms with Crippen molar-refractivity contribution in [1.82, 2.24) is 14.9 Å². The Balaban J connectivity index is 1.90. The van der Waals surface area contributed by atoms with Crippen LogP contribution in [0.3, 0.4) is 0 Å². The van der Waals surface area contributed by atoms with Gasteiger partial charge in [0.2, 0.25) is 5.95 Å². The van der Waals surface area contributed by atoms with Crippen LogP contribution in [-0.4, -0.2) is 79.1 Å². The first kappa shape index (κ1) is 32.4. The summed E-state index contributed by atoms with van der Waals surface area (Å²) < 4.78 is 31.7. The number of carboxylic acid groups (broad SMARTS) is 1. The molecule has 0 aliphatic rings. The lowest BCUT2D eigenvalue weighted by Gasteiger charge is -2.24. The number of carbonyl (C=O) groups is 2. The van der Waals surface area contributed by atoms with E-state index in [2.05, 4.69) is 20.6 Å². The fraction of sp³-hybridized carbons (Fsp3) is 0.357. The largest absolute Gasteiger partial charge is 0.480 e. The maximum atomic E-state index is 13.2. The summed E-state index contributed by atoms with van der Waals surface area (Å²) in [6, 6.07) is 11.2. The number of nitrogens with zero attached hydrogens (tertiary/aromatic N) is 4. The second kappa shape index (κ2) is 14.2. The monoisotopic (exact) mass is 618 g/mol. The number of nitrogens with one attached hydrogen (secondary N) is 2. The number of hydrogen-bond acceptors (Lipinski definition) is 10. The summed E-state index contributed by atoms with van der Waals surface area (Å²) in [6.45, 7) is 6.57. The molecule has 0 bridgehead atoms. The number of anilines is 3. The molecule has 0 spiro atoms. The number of aromatic nitrogens is 2. The zero-order chi connectivity index (χ0) is 31.0. The first-order chi connectivity index (χ1) is 19.8. The minimum atomic E-state index is -3.84. The van der Waals surface area contributed by atoms with Gasteiger partial charge < -0.3 is 30.3 Å². The summed E-state index contributed by atoms with van der Waals surface area (Å²) >= 11 is 5.92. The van der Waals surface area contributed by atoms with E-state index < -0.39 is 33.3 Å². The minimum absolute atomic E-state index is 0.0555. The summed E-state index contributed by atoms with van der Waals surface area (Å²) in [5.74, 6) is -0.334. The van der Waals surface area contributed by atoms with Crippen molar-refractivity contribution >= 4 is 51.0 Å². The normalized spacial score (nSPS) is 12.6. The molecule has 0 aliphatic carbocycles. The Bertz CT molecular complexity index is 1480. The highest BCUT2D eigenvalue weighted by atomic mass is 35.5. The molecule has 42 heavy (non-hydrogen) atoms. The van der Waals surface area contributed by atoms with Crippen LogP contribution in [-0.2, 0) is 21.1 Å². The zero-order valence-electron chi connectivity index (χ0n) is 24.0. The maximum absolute atomic E-state index is 13.2. The van der Waals surface area contributed by atoms with Crippen molar-refractivity contribution in [3.63, 3.8) is 0 Å². The van der Waals surface area contributed by atoms with Crippen molar-refractivity contribution in [3.05, 3.63) is 65.3 Å². The van der Waals surface area contributed by atoms with Crippen LogP contribution in [0, 0.1) is 0 Å². The van der Waals surface area contributed by atoms with E-state index in [1.54, 1.807) is 38.4 Å². The van der Waals surface area contributed by atoms with Crippen LogP contribution >= 0.6 is 11.6 Å². The zero-order valence-corrected chi connectivity index (χ0v) is 25.6. The molecule has 3 N–H and O–H groups in total. The predicted octanol–water partition coefficient (Wildman–Crippen LogP) is 4.38. The van der Waals surface area contributed by atoms with Crippen LogP contribution in [0.25, 0.3) is 0 Å². The van der Waals surface area contributed by atoms with Crippen molar-refractivity contribution in [1.29, 1.82) is 0 Å². The quantitative estimate of drug-likeness (QED) is 0.250. The van der Waals surface area contributed by atoms with Gasteiger partial charge in [0.05, 0.1) is 16.8 Å². The van der Waals surface area contributed by atoms with Gasteiger partial charge in [-0.25, -0.2) is 23.0 Å². The summed E-state index contributed by atoms with van der Waals surface area (Å²) in [5, 5.41) is 15.3. The van der Waals surface area contributed by atoms with Crippen molar-refractivity contribution in [2.45, 2.75) is 43.5 Å². The highest BCUT2D eigenvalue weighted by molar-refractivity contribution is 7.92. The lowest BCUT2D eigenvalue weighted by atomic mass is 10.1. The molecule has 0 saturated heterocycles. The number of hydrogen-bond donors (Lipinski definition) is 3. The smallest absolute Gasteiger partial charge is 0.414 e. The SMILES string of the molecule is CCN(CC)c1ncc(NC(C)S(=O)(=O)c2ccc(Cl)cc2)c(NC(Cc2ccc(OC(=O)N(C)C)cc2)C(=O)O)n1. The Hall–Kier alpha value is -4.10. The molecule has 0 saturated carbocycles. The van der Waals surface area contributed by atoms with E-state index in [0.717, 1.165) is 0 Å². The van der Waals surface area contributed by atoms with E-state index >= 15 is 0 Å². The Morgan fingerprint density at radius 3 is 2.19 bits per heavy atom. The second-order valence-electron chi connectivity index (χ2n) is 9.54. The van der Waals surface area contributed by atoms with Crippen molar-refractivity contribution < 1.29 is 27.9 Å². The third-order valence-corrected chi connectivity index (χ3v) is 8.56. The van der Waals surface area contributed by atoms with Crippen molar-refractivity contribution in [2.75, 3.05) is 42.7 Å². The number of carboxylic acids is 1. The molecule has 2 atom stereocenters. The average molecular weight is 619 g/mol. The molecule has 14 heteroatoms. The Labute approximate surface area is 250 Å². The lowest BCUT2D eigenvalue weighted by molar-refractivity contribution is -0.137. The molecule has 2 aromatic carbocycles. The van der Waals surface area contributed by atoms with Crippen molar-refractivity contribution in [3.8, 4) is 5.75 Å². The van der Waals surface area contributed by atoms with E-state index in [9.17, 15) is 23.1 Å². The topological polar surface area (TPSA) is 154 Å². The predicted molar refractivity (Wildman–Crippen MR) is 162 cm³/mol. The van der Waals surface area contributed by atoms with Gasteiger partial charge in [-0.2, -0.15) is 4.98 Å². The van der Waals surface area contributed by atoms with Crippen LogP contribution in [0.15, 0.2) is 59.6 Å². The van der Waals surface area contributed by atoms with Crippen LogP contribution < -0.4 is 20.3 Å². The number of aliphatic carboxylic acids is 1. The van der Waals surface area contributed by atoms with E-state index in [4.69, 9.17) is 16.3 Å². The Morgan fingerprint density at radius 1 is 1.02 bits per heavy atom. The van der Waals surface area contributed by atoms with Gasteiger partial charge in [-0.3, -0.25) is 0 Å². The van der Waals surface area contributed by atoms with Crippen LogP contribution in [0.1, 0.15) is 26.3 Å². The van der Waals surface area contributed by atoms with Gasteiger partial charge in [0.25, 0.3) is 0 Å². The Morgan fingerprint density at radius 2 is 1.64 bits per heavy atom. The average Bonchev–Trinajstić information content (AvgIpc) is 2.95. The summed E-state index contributed by atoms with van der Waals surface area (Å²) in [4.78, 5) is 36.3. The van der Waals surface area contributed by atoms with Crippen LogP contribution in [0.4, 0.5) is 22.2 Å². The number of halogens is 1. The Kier molecular flexibility index (Phi) is 10.9. The standard InChI is InChI=1S/C28H35ClN6O6S/c1-6-35(7-2)27-30-17-24(31-18(3)42(39,40)22-14-10-20(29)11-15-22)25(33-27)32-23(26(36)37)16-19-8-12-21(13-9-19)41-28(38)34(4)5/h8-15,17-18,23,31H,6-7,16H2,1-5H3,(H,36,37)(H,30,32,33). The van der Waals surface area contributed by atoms with Gasteiger partial charge in [-0.05, 0) is 62.7 Å². The molecule has 0 fully saturated rings. The number of rotatable bonds is 13. The third-order valence-electron chi connectivity index (χ3n) is 6.33. The molecule has 3 rings (SSSR count). The van der Waals surface area contributed by atoms with E-state index in [-0.39, 0.29) is 22.8 Å². The molecular formula is C28H35ClN6O6S. The first-order valence-electron chi connectivity index (χ1n) is 13.2. The van der Waals surface area contributed by atoms with Gasteiger partial charge in [0.1, 0.15) is 17.2 Å². The fourth-order valence-electron chi connectivity index (χ4n) is 3.86. The molecular weight excluding hydrogens is 584 g/mol. The van der Waals surface area contributed by atoms with Gasteiger partial charge in [-0.15, -0.1) is 0 Å². The number of sulfone groups is 1. The summed E-state index contributed by atoms with van der Waals surface area (Å²) in [5.41, 5.74) is 0.874. The van der Waals surface area contributed by atoms with Crippen LogP contribution in [0.5, 0.6) is 5.75 Å². The maximum Gasteiger partial charge on any atom is 0.414 e. The number of amides is 1. The van der Waals surface area contributed by atoms with Gasteiger partial charge in [0, 0.05) is 38.6 Å². The summed E-state index contributed by atoms with van der Waals surface area (Å²) in [7, 11) is -0.707.